The summed E-state index contributed by atoms with van der Waals surface area (Å²) in [4.78, 5) is 33.7. The zero-order chi connectivity index (χ0) is 15.0. The van der Waals surface area contributed by atoms with Gasteiger partial charge in [0.15, 0.2) is 0 Å². The van der Waals surface area contributed by atoms with Crippen molar-refractivity contribution in [3.05, 3.63) is 24.0 Å². The van der Waals surface area contributed by atoms with Crippen molar-refractivity contribution in [1.82, 2.24) is 19.7 Å². The highest BCUT2D eigenvalue weighted by Gasteiger charge is 2.48. The summed E-state index contributed by atoms with van der Waals surface area (Å²) in [5.74, 6) is 0.220. The molecule has 2 saturated heterocycles. The molecule has 0 radical (unpaired) electrons. The van der Waals surface area contributed by atoms with Gasteiger partial charge >= 0.3 is 0 Å². The van der Waals surface area contributed by atoms with E-state index in [9.17, 15) is 9.59 Å². The van der Waals surface area contributed by atoms with Crippen molar-refractivity contribution in [2.45, 2.75) is 18.4 Å². The Morgan fingerprint density at radius 3 is 2.52 bits per heavy atom. The minimum atomic E-state index is -0.417. The maximum atomic E-state index is 12.6. The first kappa shape index (κ1) is 14.1. The summed E-state index contributed by atoms with van der Waals surface area (Å²) in [6.45, 7) is 2.93. The molecule has 3 rings (SSSR count). The number of nitrogens with one attached hydrogen (secondary N) is 1. The smallest absolute Gasteiger partial charge is 0.270 e. The second-order valence-electron chi connectivity index (χ2n) is 6.06. The van der Waals surface area contributed by atoms with E-state index in [0.29, 0.717) is 31.6 Å². The van der Waals surface area contributed by atoms with Gasteiger partial charge in [0, 0.05) is 39.4 Å². The number of hydrogen-bond donors (Lipinski definition) is 1. The van der Waals surface area contributed by atoms with Crippen molar-refractivity contribution in [1.29, 1.82) is 0 Å². The lowest BCUT2D eigenvalue weighted by Gasteiger charge is -2.50. The van der Waals surface area contributed by atoms with Crippen LogP contribution in [0.2, 0.25) is 0 Å². The lowest BCUT2D eigenvalue weighted by atomic mass is 9.83. The van der Waals surface area contributed by atoms with E-state index < -0.39 is 5.54 Å². The summed E-state index contributed by atoms with van der Waals surface area (Å²) < 4.78 is 0. The average Bonchev–Trinajstić information content (AvgIpc) is 3.04. The number of likely N-dealkylation sites (tertiary alicyclic amines) is 1. The van der Waals surface area contributed by atoms with E-state index in [2.05, 4.69) is 9.88 Å². The van der Waals surface area contributed by atoms with E-state index in [0.717, 1.165) is 13.1 Å². The Hall–Kier alpha value is -1.82. The number of carbonyl (C=O) groups is 2. The number of piperidine rings is 1. The van der Waals surface area contributed by atoms with E-state index in [1.165, 1.54) is 0 Å². The van der Waals surface area contributed by atoms with E-state index in [1.54, 1.807) is 12.3 Å². The number of hydrogen-bond acceptors (Lipinski definition) is 3. The highest BCUT2D eigenvalue weighted by Crippen LogP contribution is 2.32. The molecule has 2 amide bonds. The van der Waals surface area contributed by atoms with Crippen LogP contribution in [-0.2, 0) is 4.79 Å². The monoisotopic (exact) mass is 290 g/mol. The van der Waals surface area contributed by atoms with Gasteiger partial charge in [0.25, 0.3) is 5.91 Å². The number of piperazine rings is 1. The first-order valence-corrected chi connectivity index (χ1v) is 7.44. The van der Waals surface area contributed by atoms with E-state index >= 15 is 0 Å². The lowest BCUT2D eigenvalue weighted by Crippen LogP contribution is -2.67. The van der Waals surface area contributed by atoms with Gasteiger partial charge in [0.1, 0.15) is 11.2 Å². The molecule has 0 aromatic carbocycles. The fraction of sp³-hybridized carbons (Fsp3) is 0.600. The minimum Gasteiger partial charge on any atom is -0.357 e. The van der Waals surface area contributed by atoms with Crippen LogP contribution in [0.15, 0.2) is 18.3 Å². The van der Waals surface area contributed by atoms with E-state index in [4.69, 9.17) is 0 Å². The van der Waals surface area contributed by atoms with E-state index in [-0.39, 0.29) is 11.8 Å². The number of aromatic nitrogens is 1. The van der Waals surface area contributed by atoms with Crippen LogP contribution in [0.1, 0.15) is 23.3 Å². The first-order chi connectivity index (χ1) is 10.0. The predicted octanol–water partition coefficient (Wildman–Crippen LogP) is 0.393. The zero-order valence-electron chi connectivity index (χ0n) is 12.6. The van der Waals surface area contributed by atoms with Gasteiger partial charge in [-0.15, -0.1) is 0 Å². The lowest BCUT2D eigenvalue weighted by molar-refractivity contribution is -0.151. The summed E-state index contributed by atoms with van der Waals surface area (Å²) in [5.41, 5.74) is 0.200. The quantitative estimate of drug-likeness (QED) is 0.814. The molecule has 0 bridgehead atoms. The Kier molecular flexibility index (Phi) is 3.49. The Morgan fingerprint density at radius 1 is 1.19 bits per heavy atom. The van der Waals surface area contributed by atoms with Gasteiger partial charge in [0.2, 0.25) is 5.91 Å². The van der Waals surface area contributed by atoms with Crippen LogP contribution < -0.4 is 0 Å². The summed E-state index contributed by atoms with van der Waals surface area (Å²) in [6.07, 6.45) is 3.17. The highest BCUT2D eigenvalue weighted by molar-refractivity contribution is 5.93. The highest BCUT2D eigenvalue weighted by atomic mass is 16.2. The number of amides is 2. The van der Waals surface area contributed by atoms with Crippen LogP contribution in [0.25, 0.3) is 0 Å². The number of carbonyl (C=O) groups excluding carboxylic acids is 2. The van der Waals surface area contributed by atoms with Crippen LogP contribution >= 0.6 is 0 Å². The van der Waals surface area contributed by atoms with Crippen molar-refractivity contribution < 1.29 is 9.59 Å². The predicted molar refractivity (Wildman–Crippen MR) is 78.9 cm³/mol. The molecule has 6 heteroatoms. The number of H-pyrrole nitrogens is 1. The molecule has 2 aliphatic rings. The number of aromatic amines is 1. The number of rotatable bonds is 1. The summed E-state index contributed by atoms with van der Waals surface area (Å²) in [7, 11) is 3.89. The van der Waals surface area contributed by atoms with Crippen LogP contribution in [-0.4, -0.2) is 77.3 Å². The Balaban J connectivity index is 1.72. The molecule has 0 unspecified atom stereocenters. The molecule has 0 aliphatic carbocycles. The largest absolute Gasteiger partial charge is 0.357 e. The zero-order valence-corrected chi connectivity index (χ0v) is 12.6. The van der Waals surface area contributed by atoms with Crippen LogP contribution in [0.5, 0.6) is 0 Å². The fourth-order valence-corrected chi connectivity index (χ4v) is 3.44. The Morgan fingerprint density at radius 2 is 1.90 bits per heavy atom. The van der Waals surface area contributed by atoms with E-state index in [1.807, 2.05) is 30.0 Å². The third-order valence-corrected chi connectivity index (χ3v) is 4.95. The van der Waals surface area contributed by atoms with Crippen molar-refractivity contribution in [2.75, 3.05) is 40.3 Å². The maximum absolute atomic E-state index is 12.6. The Bertz CT molecular complexity index is 532. The van der Waals surface area contributed by atoms with Gasteiger partial charge < -0.3 is 14.8 Å². The molecule has 1 spiro atoms. The maximum Gasteiger partial charge on any atom is 0.270 e. The van der Waals surface area contributed by atoms with Gasteiger partial charge in [-0.1, -0.05) is 0 Å². The van der Waals surface area contributed by atoms with Crippen LogP contribution in [0.4, 0.5) is 0 Å². The van der Waals surface area contributed by atoms with Gasteiger partial charge in [-0.2, -0.15) is 0 Å². The molecule has 1 aromatic rings. The summed E-state index contributed by atoms with van der Waals surface area (Å²) in [6, 6.07) is 3.62. The van der Waals surface area contributed by atoms with Gasteiger partial charge in [-0.3, -0.25) is 14.5 Å². The molecular weight excluding hydrogens is 268 g/mol. The summed E-state index contributed by atoms with van der Waals surface area (Å²) >= 11 is 0. The number of likely N-dealkylation sites (N-methyl/N-ethyl adjacent to an activating group) is 2. The second-order valence-corrected chi connectivity index (χ2v) is 6.06. The SMILES string of the molecule is CN1CCN(C)C2(CCN(C(=O)c3ccc[nH]3)CC2)C1=O. The molecule has 0 atom stereocenters. The third kappa shape index (κ3) is 2.23. The molecule has 1 aromatic heterocycles. The molecule has 6 nitrogen and oxygen atoms in total. The molecule has 21 heavy (non-hydrogen) atoms. The van der Waals surface area contributed by atoms with Crippen molar-refractivity contribution in [3.8, 4) is 0 Å². The van der Waals surface area contributed by atoms with Crippen LogP contribution in [0, 0.1) is 0 Å². The second kappa shape index (κ2) is 5.18. The van der Waals surface area contributed by atoms with Crippen molar-refractivity contribution in [2.24, 2.45) is 0 Å². The molecule has 1 N–H and O–H groups in total. The fourth-order valence-electron chi connectivity index (χ4n) is 3.44. The number of nitrogens with zero attached hydrogens (tertiary/aromatic N) is 3. The first-order valence-electron chi connectivity index (χ1n) is 7.44. The summed E-state index contributed by atoms with van der Waals surface area (Å²) in [5, 5.41) is 0. The molecule has 114 valence electrons. The molecule has 2 fully saturated rings. The normalized spacial score (nSPS) is 22.9. The van der Waals surface area contributed by atoms with Gasteiger partial charge in [-0.25, -0.2) is 0 Å². The van der Waals surface area contributed by atoms with Crippen LogP contribution in [0.3, 0.4) is 0 Å². The van der Waals surface area contributed by atoms with Crippen molar-refractivity contribution >= 4 is 11.8 Å². The molecule has 0 saturated carbocycles. The topological polar surface area (TPSA) is 59.6 Å². The molecular formula is C15H22N4O2. The Labute approximate surface area is 124 Å². The van der Waals surface area contributed by atoms with Gasteiger partial charge in [-0.05, 0) is 32.0 Å². The minimum absolute atomic E-state index is 0.0223. The average molecular weight is 290 g/mol. The molecule has 2 aliphatic heterocycles. The van der Waals surface area contributed by atoms with Crippen molar-refractivity contribution in [3.63, 3.8) is 0 Å². The third-order valence-electron chi connectivity index (χ3n) is 4.95. The standard InChI is InChI=1S/C15H22N4O2/c1-17-10-11-18(2)15(14(17)21)5-8-19(9-6-15)13(20)12-4-3-7-16-12/h3-4,7,16H,5-6,8-11H2,1-2H3. The molecule has 3 heterocycles. The van der Waals surface area contributed by atoms with Gasteiger partial charge in [0.05, 0.1) is 0 Å².